The number of amides is 2. The number of aryl methyl sites for hydroxylation is 2. The van der Waals surface area contributed by atoms with Crippen molar-refractivity contribution in [2.45, 2.75) is 27.2 Å². The van der Waals surface area contributed by atoms with E-state index in [1.807, 2.05) is 6.92 Å². The topological polar surface area (TPSA) is 84.4 Å². The number of hydrogen-bond donors (Lipinski definition) is 1. The Balaban J connectivity index is 1.72. The van der Waals surface area contributed by atoms with Crippen LogP contribution in [0.1, 0.15) is 24.7 Å². The summed E-state index contributed by atoms with van der Waals surface area (Å²) in [6.45, 7) is 6.06. The molecule has 0 radical (unpaired) electrons. The fraction of sp³-hybridized carbons (Fsp3) is 0.368. The second-order valence-corrected chi connectivity index (χ2v) is 6.36. The van der Waals surface area contributed by atoms with Gasteiger partial charge in [0, 0.05) is 18.7 Å². The maximum absolute atomic E-state index is 13.1. The molecule has 0 spiro atoms. The number of benzene rings is 1. The minimum Gasteiger partial charge on any atom is -0.464 e. The highest BCUT2D eigenvalue weighted by Crippen LogP contribution is 2.27. The van der Waals surface area contributed by atoms with E-state index in [2.05, 4.69) is 15.3 Å². The lowest BCUT2D eigenvalue weighted by Crippen LogP contribution is -2.28. The van der Waals surface area contributed by atoms with Crippen LogP contribution in [0.15, 0.2) is 24.3 Å². The summed E-state index contributed by atoms with van der Waals surface area (Å²) in [6, 6.07) is 5.91. The van der Waals surface area contributed by atoms with Gasteiger partial charge in [-0.25, -0.2) is 4.39 Å². The molecule has 1 N–H and O–H groups in total. The number of carbonyl (C=O) groups excluding carboxylic acids is 2. The molecule has 8 heteroatoms. The maximum Gasteiger partial charge on any atom is 0.316 e. The Hall–Kier alpha value is -3.03. The molecule has 1 aliphatic rings. The molecule has 27 heavy (non-hydrogen) atoms. The smallest absolute Gasteiger partial charge is 0.316 e. The Bertz CT molecular complexity index is 847. The molecule has 2 aromatic rings. The van der Waals surface area contributed by atoms with Crippen molar-refractivity contribution in [2.75, 3.05) is 23.4 Å². The van der Waals surface area contributed by atoms with Crippen LogP contribution in [0, 0.1) is 25.6 Å². The molecule has 1 saturated heterocycles. The number of hydrogen-bond acceptors (Lipinski definition) is 5. The van der Waals surface area contributed by atoms with Gasteiger partial charge < -0.3 is 15.0 Å². The van der Waals surface area contributed by atoms with E-state index in [1.54, 1.807) is 13.8 Å². The van der Waals surface area contributed by atoms with Gasteiger partial charge in [0.05, 0.1) is 29.6 Å². The third-order valence-electron chi connectivity index (χ3n) is 4.41. The third kappa shape index (κ3) is 4.05. The molecule has 1 aromatic heterocycles. The van der Waals surface area contributed by atoms with E-state index in [4.69, 9.17) is 4.74 Å². The number of ether oxygens (including phenoxy) is 1. The van der Waals surface area contributed by atoms with E-state index >= 15 is 0 Å². The van der Waals surface area contributed by atoms with Gasteiger partial charge in [-0.1, -0.05) is 0 Å². The van der Waals surface area contributed by atoms with E-state index in [1.165, 1.54) is 29.2 Å². The third-order valence-corrected chi connectivity index (χ3v) is 4.41. The van der Waals surface area contributed by atoms with E-state index in [9.17, 15) is 14.0 Å². The zero-order valence-corrected chi connectivity index (χ0v) is 15.5. The number of aromatic nitrogens is 2. The Morgan fingerprint density at radius 3 is 2.48 bits per heavy atom. The first-order chi connectivity index (χ1) is 12.9. The predicted molar refractivity (Wildman–Crippen MR) is 98.2 cm³/mol. The summed E-state index contributed by atoms with van der Waals surface area (Å²) in [6.07, 6.45) is 0.0964. The molecule has 1 aliphatic heterocycles. The van der Waals surface area contributed by atoms with Gasteiger partial charge >= 0.3 is 6.01 Å². The SMILES string of the molecule is CCOc1nc(C)c(NC(=O)C2CC(=O)N(c3ccc(F)cc3)C2)c(C)n1. The van der Waals surface area contributed by atoms with Crippen molar-refractivity contribution in [3.8, 4) is 6.01 Å². The van der Waals surface area contributed by atoms with Crippen LogP contribution in [-0.2, 0) is 9.59 Å². The fourth-order valence-corrected chi connectivity index (χ4v) is 3.04. The Kier molecular flexibility index (Phi) is 5.34. The van der Waals surface area contributed by atoms with Gasteiger partial charge in [-0.3, -0.25) is 9.59 Å². The normalized spacial score (nSPS) is 16.5. The van der Waals surface area contributed by atoms with Crippen LogP contribution in [-0.4, -0.2) is 34.9 Å². The monoisotopic (exact) mass is 372 g/mol. The van der Waals surface area contributed by atoms with Crippen LogP contribution in [0.3, 0.4) is 0 Å². The Morgan fingerprint density at radius 1 is 1.26 bits per heavy atom. The van der Waals surface area contributed by atoms with Crippen molar-refractivity contribution in [3.63, 3.8) is 0 Å². The second kappa shape index (κ2) is 7.69. The molecule has 7 nitrogen and oxygen atoms in total. The van der Waals surface area contributed by atoms with Crippen LogP contribution >= 0.6 is 0 Å². The van der Waals surface area contributed by atoms with Gasteiger partial charge in [-0.15, -0.1) is 0 Å². The molecule has 1 unspecified atom stereocenters. The summed E-state index contributed by atoms with van der Waals surface area (Å²) in [5.41, 5.74) is 2.29. The molecule has 0 bridgehead atoms. The summed E-state index contributed by atoms with van der Waals surface area (Å²) >= 11 is 0. The summed E-state index contributed by atoms with van der Waals surface area (Å²) in [7, 11) is 0. The molecule has 0 saturated carbocycles. The van der Waals surface area contributed by atoms with Gasteiger partial charge in [0.1, 0.15) is 5.82 Å². The highest BCUT2D eigenvalue weighted by molar-refractivity contribution is 6.03. The minimum absolute atomic E-state index is 0.0964. The molecule has 3 rings (SSSR count). The fourth-order valence-electron chi connectivity index (χ4n) is 3.04. The van der Waals surface area contributed by atoms with Crippen molar-refractivity contribution in [1.82, 2.24) is 9.97 Å². The lowest BCUT2D eigenvalue weighted by atomic mass is 10.1. The number of halogens is 1. The molecular formula is C19H21FN4O3. The first kappa shape index (κ1) is 18.8. The van der Waals surface area contributed by atoms with Crippen molar-refractivity contribution < 1.29 is 18.7 Å². The van der Waals surface area contributed by atoms with Gasteiger partial charge in [-0.2, -0.15) is 9.97 Å². The Labute approximate surface area is 156 Å². The van der Waals surface area contributed by atoms with Crippen molar-refractivity contribution in [1.29, 1.82) is 0 Å². The molecule has 1 fully saturated rings. The van der Waals surface area contributed by atoms with E-state index in [0.29, 0.717) is 29.4 Å². The number of rotatable bonds is 5. The first-order valence-electron chi connectivity index (χ1n) is 8.74. The zero-order chi connectivity index (χ0) is 19.6. The van der Waals surface area contributed by atoms with Crippen molar-refractivity contribution >= 4 is 23.2 Å². The van der Waals surface area contributed by atoms with Gasteiger partial charge in [0.25, 0.3) is 0 Å². The standard InChI is InChI=1S/C19H21FN4O3/c1-4-27-19-21-11(2)17(12(3)22-19)23-18(26)13-9-16(25)24(10-13)15-7-5-14(20)6-8-15/h5-8,13H,4,9-10H2,1-3H3,(H,23,26). The predicted octanol–water partition coefficient (Wildman–Crippen LogP) is 2.62. The van der Waals surface area contributed by atoms with Crippen LogP contribution in [0.4, 0.5) is 15.8 Å². The number of nitrogens with one attached hydrogen (secondary N) is 1. The summed E-state index contributed by atoms with van der Waals surface area (Å²) in [5, 5.41) is 2.83. The largest absolute Gasteiger partial charge is 0.464 e. The number of carbonyl (C=O) groups is 2. The first-order valence-corrected chi connectivity index (χ1v) is 8.74. The van der Waals surface area contributed by atoms with E-state index in [0.717, 1.165) is 0 Å². The van der Waals surface area contributed by atoms with Gasteiger partial charge in [0.2, 0.25) is 11.8 Å². The van der Waals surface area contributed by atoms with Crippen molar-refractivity contribution in [2.24, 2.45) is 5.92 Å². The summed E-state index contributed by atoms with van der Waals surface area (Å²) in [5.74, 6) is -1.32. The molecule has 2 amide bonds. The molecular weight excluding hydrogens is 351 g/mol. The zero-order valence-electron chi connectivity index (χ0n) is 15.5. The Morgan fingerprint density at radius 2 is 1.89 bits per heavy atom. The summed E-state index contributed by atoms with van der Waals surface area (Å²) < 4.78 is 18.4. The number of anilines is 2. The highest BCUT2D eigenvalue weighted by atomic mass is 19.1. The maximum atomic E-state index is 13.1. The molecule has 1 atom stereocenters. The quantitative estimate of drug-likeness (QED) is 0.872. The van der Waals surface area contributed by atoms with Crippen LogP contribution in [0.2, 0.25) is 0 Å². The molecule has 0 aliphatic carbocycles. The highest BCUT2D eigenvalue weighted by Gasteiger charge is 2.35. The average molecular weight is 372 g/mol. The number of nitrogens with zero attached hydrogens (tertiary/aromatic N) is 3. The van der Waals surface area contributed by atoms with Gasteiger partial charge in [0.15, 0.2) is 0 Å². The summed E-state index contributed by atoms with van der Waals surface area (Å²) in [4.78, 5) is 34.9. The van der Waals surface area contributed by atoms with Crippen molar-refractivity contribution in [3.05, 3.63) is 41.5 Å². The lowest BCUT2D eigenvalue weighted by Gasteiger charge is -2.17. The van der Waals surface area contributed by atoms with Gasteiger partial charge in [-0.05, 0) is 45.0 Å². The minimum atomic E-state index is -0.507. The van der Waals surface area contributed by atoms with Crippen LogP contribution in [0.5, 0.6) is 6.01 Å². The second-order valence-electron chi connectivity index (χ2n) is 6.36. The van der Waals surface area contributed by atoms with E-state index < -0.39 is 5.92 Å². The molecule has 2 heterocycles. The average Bonchev–Trinajstić information content (AvgIpc) is 3.01. The lowest BCUT2D eigenvalue weighted by molar-refractivity contribution is -0.122. The molecule has 142 valence electrons. The molecule has 1 aromatic carbocycles. The van der Waals surface area contributed by atoms with Crippen LogP contribution in [0.25, 0.3) is 0 Å². The van der Waals surface area contributed by atoms with E-state index in [-0.39, 0.29) is 36.6 Å². The van der Waals surface area contributed by atoms with Crippen LogP contribution < -0.4 is 15.0 Å².